The molecule has 1 amide bonds. The highest BCUT2D eigenvalue weighted by molar-refractivity contribution is 6.33. The van der Waals surface area contributed by atoms with E-state index in [1.165, 1.54) is 10.6 Å². The second-order valence-electron chi connectivity index (χ2n) is 6.02. The lowest BCUT2D eigenvalue weighted by Crippen LogP contribution is -2.26. The first-order valence-electron chi connectivity index (χ1n) is 8.19. The number of rotatable bonds is 4. The molecule has 0 spiro atoms. The second-order valence-corrected chi connectivity index (χ2v) is 6.40. The molecule has 0 saturated heterocycles. The van der Waals surface area contributed by atoms with Crippen LogP contribution in [0.3, 0.4) is 0 Å². The van der Waals surface area contributed by atoms with Gasteiger partial charge in [-0.05, 0) is 22.4 Å². The quantitative estimate of drug-likeness (QED) is 0.567. The van der Waals surface area contributed by atoms with Crippen molar-refractivity contribution in [3.05, 3.63) is 69.7 Å². The summed E-state index contributed by atoms with van der Waals surface area (Å²) in [5, 5.41) is 7.55. The summed E-state index contributed by atoms with van der Waals surface area (Å²) in [5.41, 5.74) is 1.66. The van der Waals surface area contributed by atoms with Gasteiger partial charge >= 0.3 is 0 Å². The average molecular weight is 385 g/mol. The maximum absolute atomic E-state index is 12.4. The zero-order valence-corrected chi connectivity index (χ0v) is 14.8. The largest absolute Gasteiger partial charge is 0.348 e. The summed E-state index contributed by atoms with van der Waals surface area (Å²) in [6.45, 7) is -1.17. The van der Waals surface area contributed by atoms with Crippen LogP contribution < -0.4 is 10.9 Å². The number of aromatic amines is 1. The predicted octanol–water partition coefficient (Wildman–Crippen LogP) is 3.08. The maximum atomic E-state index is 12.4. The summed E-state index contributed by atoms with van der Waals surface area (Å²) in [5.74, 6) is -0.765. The molecule has 0 bridgehead atoms. The minimum atomic E-state index is -1.13. The van der Waals surface area contributed by atoms with Gasteiger partial charge in [-0.25, -0.2) is 9.37 Å². The lowest BCUT2D eigenvalue weighted by Gasteiger charge is -2.05. The molecule has 27 heavy (non-hydrogen) atoms. The van der Waals surface area contributed by atoms with Crippen molar-refractivity contribution in [1.29, 1.82) is 0 Å². The van der Waals surface area contributed by atoms with Crippen LogP contribution >= 0.6 is 11.6 Å². The normalized spacial score (nSPS) is 11.2. The van der Waals surface area contributed by atoms with E-state index in [0.717, 1.165) is 16.3 Å². The number of carbonyl (C=O) groups excluding carboxylic acids is 1. The number of amides is 1. The van der Waals surface area contributed by atoms with Crippen LogP contribution in [0.2, 0.25) is 5.15 Å². The number of fused-ring (bicyclic) bond motifs is 2. The first-order valence-corrected chi connectivity index (χ1v) is 8.56. The molecule has 4 aromatic rings. The maximum Gasteiger partial charge on any atom is 0.273 e. The number of H-pyrrole nitrogens is 1. The van der Waals surface area contributed by atoms with Crippen molar-refractivity contribution in [2.24, 2.45) is 0 Å². The number of carbonyl (C=O) groups is 1. The molecule has 0 unspecified atom stereocenters. The zero-order chi connectivity index (χ0) is 19.0. The Kier molecular flexibility index (Phi) is 4.37. The molecule has 4 rings (SSSR count). The van der Waals surface area contributed by atoms with Gasteiger partial charge in [0.15, 0.2) is 12.3 Å². The van der Waals surface area contributed by atoms with Crippen molar-refractivity contribution < 1.29 is 9.18 Å². The number of halogens is 2. The van der Waals surface area contributed by atoms with Gasteiger partial charge in [0.25, 0.3) is 11.5 Å². The van der Waals surface area contributed by atoms with Crippen LogP contribution in [0, 0.1) is 0 Å². The molecular formula is C19H14ClFN4O2. The van der Waals surface area contributed by atoms with Crippen molar-refractivity contribution in [3.63, 3.8) is 0 Å². The van der Waals surface area contributed by atoms with E-state index in [1.54, 1.807) is 0 Å². The Morgan fingerprint density at radius 2 is 1.96 bits per heavy atom. The summed E-state index contributed by atoms with van der Waals surface area (Å²) in [6, 6.07) is 15.0. The van der Waals surface area contributed by atoms with E-state index in [4.69, 9.17) is 11.6 Å². The third-order valence-corrected chi connectivity index (χ3v) is 4.52. The number of hydrogen-bond donors (Lipinski definition) is 2. The van der Waals surface area contributed by atoms with Gasteiger partial charge < -0.3 is 5.32 Å². The van der Waals surface area contributed by atoms with Gasteiger partial charge in [0, 0.05) is 6.07 Å². The summed E-state index contributed by atoms with van der Waals surface area (Å²) in [4.78, 5) is 27.9. The van der Waals surface area contributed by atoms with Crippen LogP contribution in [-0.4, -0.2) is 27.2 Å². The summed E-state index contributed by atoms with van der Waals surface area (Å²) < 4.78 is 13.6. The number of nitrogens with one attached hydrogen (secondary N) is 2. The summed E-state index contributed by atoms with van der Waals surface area (Å²) in [6.07, 6.45) is 0. The Bertz CT molecular complexity index is 1230. The highest BCUT2D eigenvalue weighted by Gasteiger charge is 2.16. The molecule has 0 fully saturated rings. The van der Waals surface area contributed by atoms with E-state index in [2.05, 4.69) is 15.4 Å². The summed E-state index contributed by atoms with van der Waals surface area (Å²) in [7, 11) is 0. The first-order chi connectivity index (χ1) is 13.1. The molecule has 0 atom stereocenters. The van der Waals surface area contributed by atoms with Gasteiger partial charge in [0.1, 0.15) is 5.15 Å². The van der Waals surface area contributed by atoms with Gasteiger partial charge in [-0.3, -0.25) is 14.7 Å². The molecule has 136 valence electrons. The van der Waals surface area contributed by atoms with Crippen LogP contribution in [0.1, 0.15) is 5.69 Å². The monoisotopic (exact) mass is 384 g/mol. The van der Waals surface area contributed by atoms with E-state index >= 15 is 0 Å². The fourth-order valence-corrected chi connectivity index (χ4v) is 3.26. The smallest absolute Gasteiger partial charge is 0.273 e. The third kappa shape index (κ3) is 3.17. The molecule has 0 saturated carbocycles. The molecule has 0 aliphatic heterocycles. The molecule has 2 aromatic carbocycles. The first kappa shape index (κ1) is 17.2. The molecule has 6 nitrogen and oxygen atoms in total. The Morgan fingerprint density at radius 1 is 1.19 bits per heavy atom. The molecule has 8 heteroatoms. The van der Waals surface area contributed by atoms with Gasteiger partial charge in [-0.15, -0.1) is 0 Å². The van der Waals surface area contributed by atoms with Crippen LogP contribution in [-0.2, 0) is 11.3 Å². The zero-order valence-electron chi connectivity index (χ0n) is 14.0. The lowest BCUT2D eigenvalue weighted by molar-refractivity contribution is -0.122. The van der Waals surface area contributed by atoms with Crippen molar-refractivity contribution in [1.82, 2.24) is 19.9 Å². The number of aromatic nitrogens is 3. The minimum Gasteiger partial charge on any atom is -0.348 e. The Hall–Kier alpha value is -3.19. The molecule has 2 heterocycles. The summed E-state index contributed by atoms with van der Waals surface area (Å²) >= 11 is 6.35. The molecule has 2 aromatic heterocycles. The van der Waals surface area contributed by atoms with Crippen molar-refractivity contribution >= 4 is 33.9 Å². The van der Waals surface area contributed by atoms with Crippen LogP contribution in [0.5, 0.6) is 0 Å². The van der Waals surface area contributed by atoms with E-state index < -0.39 is 12.6 Å². The van der Waals surface area contributed by atoms with Gasteiger partial charge in [0.05, 0.1) is 17.8 Å². The van der Waals surface area contributed by atoms with E-state index in [9.17, 15) is 14.0 Å². The van der Waals surface area contributed by atoms with Crippen molar-refractivity contribution in [3.8, 4) is 11.1 Å². The molecule has 0 aliphatic rings. The minimum absolute atomic E-state index is 0.0472. The fraction of sp³-hybridized carbons (Fsp3) is 0.105. The SMILES string of the molecule is O=C(CF)NCc1cc(=O)n2[nH]c(Cl)c(-c3ccc4ccccc4c3)c2n1. The number of alkyl halides is 1. The molecular weight excluding hydrogens is 371 g/mol. The number of benzene rings is 2. The van der Waals surface area contributed by atoms with Crippen molar-refractivity contribution in [2.75, 3.05) is 6.67 Å². The van der Waals surface area contributed by atoms with Crippen LogP contribution in [0.15, 0.2) is 53.3 Å². The second kappa shape index (κ2) is 6.85. The van der Waals surface area contributed by atoms with E-state index in [1.807, 2.05) is 42.5 Å². The van der Waals surface area contributed by atoms with Crippen LogP contribution in [0.25, 0.3) is 27.5 Å². The highest BCUT2D eigenvalue weighted by atomic mass is 35.5. The molecule has 0 aliphatic carbocycles. The number of hydrogen-bond acceptors (Lipinski definition) is 3. The molecule has 2 N–H and O–H groups in total. The standard InChI is InChI=1S/C19H14ClFN4O2/c20-18-17(13-6-5-11-3-1-2-4-12(11)7-13)19-23-14(10-22-15(26)9-21)8-16(27)25(19)24-18/h1-8,24H,9-10H2,(H,22,26). The van der Waals surface area contributed by atoms with Crippen molar-refractivity contribution in [2.45, 2.75) is 6.54 Å². The van der Waals surface area contributed by atoms with E-state index in [-0.39, 0.29) is 17.3 Å². The molecule has 0 radical (unpaired) electrons. The third-order valence-electron chi connectivity index (χ3n) is 4.25. The topological polar surface area (TPSA) is 79.3 Å². The van der Waals surface area contributed by atoms with Gasteiger partial charge in [0.2, 0.25) is 0 Å². The average Bonchev–Trinajstić information content (AvgIpc) is 3.02. The predicted molar refractivity (Wildman–Crippen MR) is 102 cm³/mol. The lowest BCUT2D eigenvalue weighted by atomic mass is 10.0. The van der Waals surface area contributed by atoms with Gasteiger partial charge in [-0.2, -0.15) is 4.52 Å². The van der Waals surface area contributed by atoms with E-state index in [0.29, 0.717) is 16.9 Å². The Balaban J connectivity index is 1.86. The Morgan fingerprint density at radius 3 is 2.74 bits per heavy atom. The Labute approximate surface area is 157 Å². The fourth-order valence-electron chi connectivity index (χ4n) is 2.99. The van der Waals surface area contributed by atoms with Gasteiger partial charge in [-0.1, -0.05) is 48.0 Å². The number of nitrogens with zero attached hydrogens (tertiary/aromatic N) is 2. The van der Waals surface area contributed by atoms with Crippen LogP contribution in [0.4, 0.5) is 4.39 Å². The highest BCUT2D eigenvalue weighted by Crippen LogP contribution is 2.32.